The van der Waals surface area contributed by atoms with E-state index in [0.717, 1.165) is 111 Å². The minimum Gasteiger partial charge on any atom is -0.454 e. The zero-order valence-electron chi connectivity index (χ0n) is 37.7. The van der Waals surface area contributed by atoms with Crippen molar-refractivity contribution < 1.29 is 8.83 Å². The molecule has 11 aromatic carbocycles. The molecule has 6 heteroatoms. The van der Waals surface area contributed by atoms with Crippen LogP contribution in [-0.2, 0) is 0 Å². The molecule has 70 heavy (non-hydrogen) atoms. The average Bonchev–Trinajstić information content (AvgIpc) is 4.13. The lowest BCUT2D eigenvalue weighted by Gasteiger charge is -2.30. The second kappa shape index (κ2) is 16.3. The molecule has 0 aliphatic rings. The second-order valence-corrected chi connectivity index (χ2v) is 18.7. The first-order chi connectivity index (χ1) is 34.7. The summed E-state index contributed by atoms with van der Waals surface area (Å²) in [6, 6.07) is 88.5. The number of para-hydroxylation sites is 8. The summed E-state index contributed by atoms with van der Waals surface area (Å²) < 4.78 is 16.1. The van der Waals surface area contributed by atoms with E-state index < -0.39 is 0 Å². The molecule has 0 aliphatic heterocycles. The maximum Gasteiger partial charge on any atom is 0.159 e. The van der Waals surface area contributed by atoms with E-state index in [9.17, 15) is 0 Å². The fourth-order valence-electron chi connectivity index (χ4n) is 10.6. The number of hydrogen-bond acceptors (Lipinski definition) is 6. The van der Waals surface area contributed by atoms with E-state index >= 15 is 0 Å². The number of benzene rings is 11. The van der Waals surface area contributed by atoms with Gasteiger partial charge in [0.2, 0.25) is 0 Å². The highest BCUT2D eigenvalue weighted by Crippen LogP contribution is 2.54. The summed E-state index contributed by atoms with van der Waals surface area (Å²) in [5.74, 6) is 0. The third-order valence-electron chi connectivity index (χ3n) is 13.6. The smallest absolute Gasteiger partial charge is 0.159 e. The Kier molecular flexibility index (Phi) is 9.32. The number of rotatable bonds is 9. The molecule has 0 unspecified atom stereocenters. The van der Waals surface area contributed by atoms with Crippen LogP contribution in [0.15, 0.2) is 258 Å². The molecule has 0 bridgehead atoms. The number of anilines is 9. The maximum absolute atomic E-state index is 6.92. The van der Waals surface area contributed by atoms with Crippen LogP contribution in [0.25, 0.3) is 74.8 Å². The van der Waals surface area contributed by atoms with Crippen LogP contribution < -0.4 is 14.7 Å². The zero-order valence-corrected chi connectivity index (χ0v) is 38.6. The summed E-state index contributed by atoms with van der Waals surface area (Å²) in [4.78, 5) is 7.17. The van der Waals surface area contributed by atoms with Gasteiger partial charge in [0.05, 0.1) is 22.7 Å². The Morgan fingerprint density at radius 1 is 0.271 bits per heavy atom. The summed E-state index contributed by atoms with van der Waals surface area (Å²) in [5.41, 5.74) is 12.6. The Morgan fingerprint density at radius 3 is 1.21 bits per heavy atom. The van der Waals surface area contributed by atoms with Crippen molar-refractivity contribution in [1.82, 2.24) is 0 Å². The largest absolute Gasteiger partial charge is 0.454 e. The van der Waals surface area contributed by atoms with Gasteiger partial charge in [-0.3, -0.25) is 0 Å². The van der Waals surface area contributed by atoms with Crippen molar-refractivity contribution >= 4 is 137 Å². The molecule has 330 valence electrons. The van der Waals surface area contributed by atoms with Crippen molar-refractivity contribution in [3.05, 3.63) is 249 Å². The van der Waals surface area contributed by atoms with Gasteiger partial charge in [0.25, 0.3) is 0 Å². The highest BCUT2D eigenvalue weighted by Gasteiger charge is 2.28. The van der Waals surface area contributed by atoms with Gasteiger partial charge in [-0.15, -0.1) is 11.3 Å². The Bertz CT molecular complexity index is 4220. The van der Waals surface area contributed by atoms with Gasteiger partial charge >= 0.3 is 0 Å². The Balaban J connectivity index is 1.13. The van der Waals surface area contributed by atoms with Gasteiger partial charge < -0.3 is 23.5 Å². The van der Waals surface area contributed by atoms with Crippen molar-refractivity contribution in [3.8, 4) is 0 Å². The highest BCUT2D eigenvalue weighted by atomic mass is 32.1. The Labute approximate surface area is 407 Å². The minimum atomic E-state index is 0.822. The highest BCUT2D eigenvalue weighted by molar-refractivity contribution is 7.27. The lowest BCUT2D eigenvalue weighted by Crippen LogP contribution is -2.14. The van der Waals surface area contributed by atoms with E-state index in [-0.39, 0.29) is 0 Å². The van der Waals surface area contributed by atoms with Gasteiger partial charge in [0, 0.05) is 80.9 Å². The normalized spacial score (nSPS) is 11.7. The van der Waals surface area contributed by atoms with Crippen LogP contribution in [0.2, 0.25) is 0 Å². The fourth-order valence-corrected chi connectivity index (χ4v) is 11.8. The van der Waals surface area contributed by atoms with E-state index in [4.69, 9.17) is 8.83 Å². The molecule has 0 aliphatic carbocycles. The average molecular weight is 916 g/mol. The molecule has 14 aromatic rings. The van der Waals surface area contributed by atoms with Crippen molar-refractivity contribution in [2.75, 3.05) is 14.7 Å². The van der Waals surface area contributed by atoms with E-state index in [2.05, 4.69) is 251 Å². The van der Waals surface area contributed by atoms with Crippen LogP contribution in [0.3, 0.4) is 0 Å². The summed E-state index contributed by atoms with van der Waals surface area (Å²) in [7, 11) is 0. The first-order valence-electron chi connectivity index (χ1n) is 23.6. The molecule has 0 spiro atoms. The second-order valence-electron chi connectivity index (χ2n) is 17.6. The molecule has 0 saturated heterocycles. The summed E-state index contributed by atoms with van der Waals surface area (Å²) in [6.45, 7) is 0. The van der Waals surface area contributed by atoms with Gasteiger partial charge in [0.15, 0.2) is 11.2 Å². The van der Waals surface area contributed by atoms with Crippen LogP contribution >= 0.6 is 11.3 Å². The predicted octanol–water partition coefficient (Wildman–Crippen LogP) is 19.4. The van der Waals surface area contributed by atoms with Crippen molar-refractivity contribution in [1.29, 1.82) is 0 Å². The van der Waals surface area contributed by atoms with Crippen molar-refractivity contribution in [2.45, 2.75) is 0 Å². The number of fused-ring (bicyclic) bond motifs is 11. The first kappa shape index (κ1) is 40.0. The molecule has 5 nitrogen and oxygen atoms in total. The Hall–Kier alpha value is -9.10. The van der Waals surface area contributed by atoms with Crippen LogP contribution in [-0.4, -0.2) is 0 Å². The molecular formula is C64H41N3O2S. The van der Waals surface area contributed by atoms with Crippen LogP contribution in [0.1, 0.15) is 0 Å². The summed E-state index contributed by atoms with van der Waals surface area (Å²) >= 11 is 1.84. The lowest BCUT2D eigenvalue weighted by molar-refractivity contribution is 0.669. The molecule has 3 heterocycles. The monoisotopic (exact) mass is 915 g/mol. The predicted molar refractivity (Wildman–Crippen MR) is 295 cm³/mol. The molecule has 14 rings (SSSR count). The van der Waals surface area contributed by atoms with Crippen LogP contribution in [0.5, 0.6) is 0 Å². The minimum absolute atomic E-state index is 0.822. The number of thiophene rings is 1. The molecular weight excluding hydrogens is 875 g/mol. The van der Waals surface area contributed by atoms with Gasteiger partial charge in [-0.25, -0.2) is 0 Å². The zero-order chi connectivity index (χ0) is 46.1. The van der Waals surface area contributed by atoms with E-state index in [0.29, 0.717) is 0 Å². The first-order valence-corrected chi connectivity index (χ1v) is 24.4. The van der Waals surface area contributed by atoms with Gasteiger partial charge in [-0.1, -0.05) is 158 Å². The molecule has 3 aromatic heterocycles. The number of furan rings is 2. The molecule has 0 N–H and O–H groups in total. The third-order valence-corrected chi connectivity index (χ3v) is 14.8. The standard InChI is InChI=1S/C64H41N3O2S/c1-5-21-42(22-6-1)65(43-23-7-2-8-24-43)56-41-53-61-57(67(45-27-11-4-12-28-45)55-36-20-34-51-49-31-16-18-38-59(49)69-63(51)55)39-46(40-60(61)70-64(53)52-32-14-13-29-47(52)56)66(44-25-9-3-10-26-44)54-35-19-33-50-48-30-15-17-37-58(48)68-62(50)54/h1-41H. The van der Waals surface area contributed by atoms with Crippen LogP contribution in [0, 0.1) is 0 Å². The SMILES string of the molecule is c1ccc(N(c2ccccc2)c2cc3c(sc4cc(N(c5ccccc5)c5cccc6c5oc5ccccc56)cc(N(c5ccccc5)c5cccc6c5oc5ccccc56)c43)c3ccccc23)cc1. The van der Waals surface area contributed by atoms with Crippen molar-refractivity contribution in [3.63, 3.8) is 0 Å². The van der Waals surface area contributed by atoms with E-state index in [1.165, 1.54) is 15.5 Å². The topological polar surface area (TPSA) is 36.0 Å². The lowest BCUT2D eigenvalue weighted by atomic mass is 10.00. The van der Waals surface area contributed by atoms with Crippen molar-refractivity contribution in [2.24, 2.45) is 0 Å². The maximum atomic E-state index is 6.92. The molecule has 0 fully saturated rings. The summed E-state index contributed by atoms with van der Waals surface area (Å²) in [5, 5.41) is 8.97. The van der Waals surface area contributed by atoms with Crippen LogP contribution in [0.4, 0.5) is 51.2 Å². The van der Waals surface area contributed by atoms with E-state index in [1.807, 2.05) is 23.5 Å². The molecule has 0 saturated carbocycles. The molecule has 0 radical (unpaired) electrons. The van der Waals surface area contributed by atoms with Gasteiger partial charge in [-0.2, -0.15) is 0 Å². The number of nitrogens with zero attached hydrogens (tertiary/aromatic N) is 3. The Morgan fingerprint density at radius 2 is 0.686 bits per heavy atom. The third kappa shape index (κ3) is 6.38. The number of hydrogen-bond donors (Lipinski definition) is 0. The summed E-state index contributed by atoms with van der Waals surface area (Å²) in [6.07, 6.45) is 0. The molecule has 0 amide bonds. The fraction of sp³-hybridized carbons (Fsp3) is 0. The molecule has 0 atom stereocenters. The van der Waals surface area contributed by atoms with Gasteiger partial charge in [0.1, 0.15) is 11.2 Å². The van der Waals surface area contributed by atoms with E-state index in [1.54, 1.807) is 0 Å². The van der Waals surface area contributed by atoms with Gasteiger partial charge in [-0.05, 0) is 91.0 Å². The quantitative estimate of drug-likeness (QED) is 0.144.